The molecule has 2 N–H and O–H groups in total. The molecule has 0 unspecified atom stereocenters. The highest BCUT2D eigenvalue weighted by Gasteiger charge is 2.28. The Hall–Kier alpha value is -4.34. The van der Waals surface area contributed by atoms with E-state index in [1.165, 1.54) is 18.6 Å². The molecule has 1 aromatic heterocycles. The number of amides is 2. The van der Waals surface area contributed by atoms with Gasteiger partial charge in [-0.15, -0.1) is 0 Å². The molecule has 0 spiro atoms. The first-order valence-corrected chi connectivity index (χ1v) is 12.2. The van der Waals surface area contributed by atoms with Crippen LogP contribution in [0.1, 0.15) is 38.8 Å². The van der Waals surface area contributed by atoms with Crippen LogP contribution >= 0.6 is 0 Å². The molecule has 38 heavy (non-hydrogen) atoms. The summed E-state index contributed by atoms with van der Waals surface area (Å²) in [7, 11) is 1.22. The van der Waals surface area contributed by atoms with E-state index in [0.717, 1.165) is 10.9 Å². The molecular weight excluding hydrogens is 490 g/mol. The summed E-state index contributed by atoms with van der Waals surface area (Å²) in [5, 5.41) is 5.80. The van der Waals surface area contributed by atoms with Gasteiger partial charge < -0.3 is 24.8 Å². The smallest absolute Gasteiger partial charge is 0.419 e. The number of esters is 1. The number of aromatic nitrogens is 1. The number of fused-ring (bicyclic) bond motifs is 1. The van der Waals surface area contributed by atoms with Crippen molar-refractivity contribution >= 4 is 35.0 Å². The molecule has 3 aromatic rings. The van der Waals surface area contributed by atoms with E-state index in [0.29, 0.717) is 11.1 Å². The van der Waals surface area contributed by atoms with Crippen molar-refractivity contribution < 1.29 is 33.4 Å². The van der Waals surface area contributed by atoms with Crippen molar-refractivity contribution in [2.24, 2.45) is 0 Å². The molecule has 0 aliphatic carbocycles. The maximum Gasteiger partial charge on any atom is 0.419 e. The molecule has 0 aliphatic heterocycles. The molecular formula is C28H33N3O7. The Balaban J connectivity index is 1.71. The lowest BCUT2D eigenvalue weighted by molar-refractivity contribution is -0.145. The molecule has 0 saturated carbocycles. The normalized spacial score (nSPS) is 12.8. The summed E-state index contributed by atoms with van der Waals surface area (Å²) in [5.74, 6) is -1.28. The third kappa shape index (κ3) is 7.58. The zero-order chi connectivity index (χ0) is 27.9. The van der Waals surface area contributed by atoms with Crippen molar-refractivity contribution in [3.63, 3.8) is 0 Å². The van der Waals surface area contributed by atoms with Gasteiger partial charge in [0.25, 0.3) is 0 Å². The third-order valence-electron chi connectivity index (χ3n) is 5.55. The van der Waals surface area contributed by atoms with Crippen molar-refractivity contribution in [2.45, 2.75) is 58.4 Å². The summed E-state index contributed by atoms with van der Waals surface area (Å²) in [6.45, 7) is 6.84. The first kappa shape index (κ1) is 28.2. The summed E-state index contributed by atoms with van der Waals surface area (Å²) in [6, 6.07) is 14.2. The summed E-state index contributed by atoms with van der Waals surface area (Å²) in [5.41, 5.74) is 1.33. The van der Waals surface area contributed by atoms with E-state index in [2.05, 4.69) is 10.6 Å². The Morgan fingerprint density at radius 3 is 2.26 bits per heavy atom. The molecule has 1 heterocycles. The lowest BCUT2D eigenvalue weighted by atomic mass is 10.0. The van der Waals surface area contributed by atoms with Gasteiger partial charge in [0.15, 0.2) is 0 Å². The number of carbonyl (C=O) groups is 4. The molecule has 0 radical (unpaired) electrons. The lowest BCUT2D eigenvalue weighted by Crippen LogP contribution is -2.51. The van der Waals surface area contributed by atoms with Crippen molar-refractivity contribution in [2.75, 3.05) is 7.11 Å². The SMILES string of the molecule is COC(=O)[C@H](Cc1cn(C(=O)OC(C)(C)C)c2ccccc12)NC(=O)[C@@H](C)NC(=O)OCc1ccccc1. The monoisotopic (exact) mass is 523 g/mol. The lowest BCUT2D eigenvalue weighted by Gasteiger charge is -2.20. The van der Waals surface area contributed by atoms with Crippen LogP contribution in [0.5, 0.6) is 0 Å². The number of benzene rings is 2. The molecule has 10 heteroatoms. The Kier molecular flexibility index (Phi) is 9.11. The van der Waals surface area contributed by atoms with Crippen molar-refractivity contribution in [1.82, 2.24) is 15.2 Å². The van der Waals surface area contributed by atoms with Gasteiger partial charge in [0.05, 0.1) is 12.6 Å². The Labute approximate surface area is 221 Å². The second-order valence-corrected chi connectivity index (χ2v) is 9.74. The average Bonchev–Trinajstić information content (AvgIpc) is 3.24. The largest absolute Gasteiger partial charge is 0.467 e. The van der Waals surface area contributed by atoms with Crippen LogP contribution in [0.2, 0.25) is 0 Å². The summed E-state index contributed by atoms with van der Waals surface area (Å²) in [4.78, 5) is 50.4. The first-order chi connectivity index (χ1) is 18.0. The van der Waals surface area contributed by atoms with Crippen LogP contribution in [0.15, 0.2) is 60.8 Å². The van der Waals surface area contributed by atoms with Gasteiger partial charge in [-0.1, -0.05) is 48.5 Å². The number of para-hydroxylation sites is 1. The maximum absolute atomic E-state index is 12.8. The van der Waals surface area contributed by atoms with E-state index < -0.39 is 41.7 Å². The van der Waals surface area contributed by atoms with E-state index in [4.69, 9.17) is 14.2 Å². The molecule has 0 aliphatic rings. The standard InChI is InChI=1S/C28H33N3O7/c1-18(29-26(34)37-17-19-11-7-6-8-12-19)24(32)30-22(25(33)36-5)15-20-16-31(27(35)38-28(2,3)4)23-14-10-9-13-21(20)23/h6-14,16,18,22H,15,17H2,1-5H3,(H,29,34)(H,30,32)/t18-,22+/m1/s1. The van der Waals surface area contributed by atoms with Gasteiger partial charge in [-0.05, 0) is 44.9 Å². The summed E-state index contributed by atoms with van der Waals surface area (Å²) < 4.78 is 16.9. The van der Waals surface area contributed by atoms with Gasteiger partial charge in [-0.25, -0.2) is 14.4 Å². The Bertz CT molecular complexity index is 1290. The van der Waals surface area contributed by atoms with E-state index in [1.54, 1.807) is 39.1 Å². The van der Waals surface area contributed by atoms with Crippen LogP contribution in [0.25, 0.3) is 10.9 Å². The van der Waals surface area contributed by atoms with E-state index in [-0.39, 0.29) is 13.0 Å². The highest BCUT2D eigenvalue weighted by Crippen LogP contribution is 2.24. The Morgan fingerprint density at radius 2 is 1.61 bits per heavy atom. The second kappa shape index (κ2) is 12.3. The quantitative estimate of drug-likeness (QED) is 0.338. The predicted molar refractivity (Wildman–Crippen MR) is 140 cm³/mol. The molecule has 3 rings (SSSR count). The van der Waals surface area contributed by atoms with Crippen LogP contribution in [-0.4, -0.2) is 53.4 Å². The fourth-order valence-electron chi connectivity index (χ4n) is 3.73. The average molecular weight is 524 g/mol. The number of methoxy groups -OCH3 is 1. The van der Waals surface area contributed by atoms with E-state index in [1.807, 2.05) is 42.5 Å². The van der Waals surface area contributed by atoms with Gasteiger partial charge in [-0.3, -0.25) is 9.36 Å². The minimum Gasteiger partial charge on any atom is -0.467 e. The van der Waals surface area contributed by atoms with Crippen molar-refractivity contribution in [1.29, 1.82) is 0 Å². The molecule has 0 saturated heterocycles. The number of rotatable bonds is 8. The molecule has 0 bridgehead atoms. The fraction of sp³-hybridized carbons (Fsp3) is 0.357. The second-order valence-electron chi connectivity index (χ2n) is 9.74. The van der Waals surface area contributed by atoms with E-state index in [9.17, 15) is 19.2 Å². The van der Waals surface area contributed by atoms with Gasteiger partial charge in [0, 0.05) is 18.0 Å². The molecule has 202 valence electrons. The predicted octanol–water partition coefficient (Wildman–Crippen LogP) is 3.94. The highest BCUT2D eigenvalue weighted by molar-refractivity contribution is 5.93. The van der Waals surface area contributed by atoms with Gasteiger partial charge in [0.1, 0.15) is 24.3 Å². The first-order valence-electron chi connectivity index (χ1n) is 12.2. The number of ether oxygens (including phenoxy) is 3. The topological polar surface area (TPSA) is 125 Å². The zero-order valence-electron chi connectivity index (χ0n) is 22.1. The summed E-state index contributed by atoms with van der Waals surface area (Å²) >= 11 is 0. The summed E-state index contributed by atoms with van der Waals surface area (Å²) in [6.07, 6.45) is 0.292. The van der Waals surface area contributed by atoms with Crippen LogP contribution in [-0.2, 0) is 36.8 Å². The van der Waals surface area contributed by atoms with E-state index >= 15 is 0 Å². The van der Waals surface area contributed by atoms with Crippen molar-refractivity contribution in [3.05, 3.63) is 71.9 Å². The van der Waals surface area contributed by atoms with Crippen LogP contribution < -0.4 is 10.6 Å². The number of hydrogen-bond acceptors (Lipinski definition) is 7. The fourth-order valence-corrected chi connectivity index (χ4v) is 3.73. The van der Waals surface area contributed by atoms with Crippen LogP contribution in [0.4, 0.5) is 9.59 Å². The third-order valence-corrected chi connectivity index (χ3v) is 5.55. The molecule has 2 amide bonds. The zero-order valence-corrected chi connectivity index (χ0v) is 22.1. The maximum atomic E-state index is 12.8. The Morgan fingerprint density at radius 1 is 0.947 bits per heavy atom. The van der Waals surface area contributed by atoms with Gasteiger partial charge in [-0.2, -0.15) is 0 Å². The van der Waals surface area contributed by atoms with Crippen molar-refractivity contribution in [3.8, 4) is 0 Å². The molecule has 10 nitrogen and oxygen atoms in total. The molecule has 0 fully saturated rings. The van der Waals surface area contributed by atoms with Crippen LogP contribution in [0, 0.1) is 0 Å². The highest BCUT2D eigenvalue weighted by atomic mass is 16.6. The van der Waals surface area contributed by atoms with Crippen LogP contribution in [0.3, 0.4) is 0 Å². The number of hydrogen-bond donors (Lipinski definition) is 2. The number of alkyl carbamates (subject to hydrolysis) is 1. The minimum atomic E-state index is -1.07. The number of nitrogens with one attached hydrogen (secondary N) is 2. The minimum absolute atomic E-state index is 0.0416. The van der Waals surface area contributed by atoms with Gasteiger partial charge >= 0.3 is 18.2 Å². The molecule has 2 atom stereocenters. The molecule has 2 aromatic carbocycles. The van der Waals surface area contributed by atoms with Gasteiger partial charge in [0.2, 0.25) is 5.91 Å². The number of carbonyl (C=O) groups excluding carboxylic acids is 4. The number of nitrogens with zero attached hydrogens (tertiary/aromatic N) is 1.